The second-order valence-electron chi connectivity index (χ2n) is 5.55. The highest BCUT2D eigenvalue weighted by Gasteiger charge is 2.13. The molecule has 2 aromatic carbocycles. The molecule has 1 atom stereocenters. The molecule has 5 nitrogen and oxygen atoms in total. The molecule has 0 saturated carbocycles. The summed E-state index contributed by atoms with van der Waals surface area (Å²) in [5.74, 6) is 1.77. The number of ether oxygens (including phenoxy) is 3. The van der Waals surface area contributed by atoms with E-state index in [0.29, 0.717) is 23.7 Å². The Morgan fingerprint density at radius 2 is 1.71 bits per heavy atom. The van der Waals surface area contributed by atoms with Gasteiger partial charge in [0, 0.05) is 11.6 Å². The van der Waals surface area contributed by atoms with E-state index in [2.05, 4.69) is 5.32 Å². The summed E-state index contributed by atoms with van der Waals surface area (Å²) < 4.78 is 16.1. The van der Waals surface area contributed by atoms with Crippen molar-refractivity contribution in [3.8, 4) is 17.2 Å². The summed E-state index contributed by atoms with van der Waals surface area (Å²) in [6.07, 6.45) is 0. The normalized spacial score (nSPS) is 11.5. The summed E-state index contributed by atoms with van der Waals surface area (Å²) in [5.41, 5.74) is 1.54. The number of aryl methyl sites for hydroxylation is 1. The second kappa shape index (κ2) is 8.24. The highest BCUT2D eigenvalue weighted by Crippen LogP contribution is 2.22. The van der Waals surface area contributed by atoms with Crippen LogP contribution in [0.25, 0.3) is 0 Å². The van der Waals surface area contributed by atoms with Gasteiger partial charge in [0.1, 0.15) is 23.9 Å². The zero-order valence-electron chi connectivity index (χ0n) is 14.5. The van der Waals surface area contributed by atoms with E-state index in [0.717, 1.165) is 11.3 Å². The van der Waals surface area contributed by atoms with Crippen LogP contribution in [0.3, 0.4) is 0 Å². The first-order valence-corrected chi connectivity index (χ1v) is 7.76. The lowest BCUT2D eigenvalue weighted by Gasteiger charge is -2.16. The van der Waals surface area contributed by atoms with Gasteiger partial charge in [0.25, 0.3) is 5.91 Å². The van der Waals surface area contributed by atoms with Crippen molar-refractivity contribution in [2.45, 2.75) is 19.9 Å². The van der Waals surface area contributed by atoms with Crippen LogP contribution in [0.15, 0.2) is 42.5 Å². The smallest absolute Gasteiger partial charge is 0.251 e. The third-order valence-corrected chi connectivity index (χ3v) is 3.57. The highest BCUT2D eigenvalue weighted by molar-refractivity contribution is 5.95. The van der Waals surface area contributed by atoms with E-state index in [4.69, 9.17) is 14.2 Å². The third-order valence-electron chi connectivity index (χ3n) is 3.57. The third kappa shape index (κ3) is 4.65. The van der Waals surface area contributed by atoms with E-state index in [9.17, 15) is 4.79 Å². The Balaban J connectivity index is 1.97. The minimum atomic E-state index is -0.201. The number of carbonyl (C=O) groups is 1. The van der Waals surface area contributed by atoms with Crippen LogP contribution in [0.5, 0.6) is 17.2 Å². The number of nitrogens with one attached hydrogen (secondary N) is 1. The minimum absolute atomic E-state index is 0.144. The van der Waals surface area contributed by atoms with Crippen LogP contribution in [0, 0.1) is 6.92 Å². The monoisotopic (exact) mass is 329 g/mol. The van der Waals surface area contributed by atoms with Gasteiger partial charge in [0.15, 0.2) is 0 Å². The molecule has 2 aromatic rings. The Hall–Kier alpha value is -2.69. The number of methoxy groups -OCH3 is 2. The summed E-state index contributed by atoms with van der Waals surface area (Å²) in [7, 11) is 3.10. The molecule has 128 valence electrons. The molecular formula is C19H23NO4. The van der Waals surface area contributed by atoms with Gasteiger partial charge in [-0.15, -0.1) is 0 Å². The maximum Gasteiger partial charge on any atom is 0.251 e. The van der Waals surface area contributed by atoms with Crippen molar-refractivity contribution < 1.29 is 19.0 Å². The van der Waals surface area contributed by atoms with Gasteiger partial charge in [0.05, 0.1) is 20.3 Å². The second-order valence-corrected chi connectivity index (χ2v) is 5.55. The average molecular weight is 329 g/mol. The molecule has 0 spiro atoms. The van der Waals surface area contributed by atoms with E-state index in [1.165, 1.54) is 0 Å². The van der Waals surface area contributed by atoms with E-state index in [1.54, 1.807) is 32.4 Å². The predicted octanol–water partition coefficient (Wildman–Crippen LogP) is 3.21. The minimum Gasteiger partial charge on any atom is -0.497 e. The van der Waals surface area contributed by atoms with E-state index < -0.39 is 0 Å². The molecule has 0 aromatic heterocycles. The summed E-state index contributed by atoms with van der Waals surface area (Å²) in [6.45, 7) is 4.27. The van der Waals surface area contributed by atoms with Crippen molar-refractivity contribution in [1.29, 1.82) is 0 Å². The Bertz CT molecular complexity index is 677. The van der Waals surface area contributed by atoms with Crippen molar-refractivity contribution in [3.05, 3.63) is 53.6 Å². The van der Waals surface area contributed by atoms with Crippen LogP contribution < -0.4 is 19.5 Å². The van der Waals surface area contributed by atoms with Gasteiger partial charge in [-0.25, -0.2) is 0 Å². The zero-order chi connectivity index (χ0) is 17.5. The van der Waals surface area contributed by atoms with Gasteiger partial charge in [-0.2, -0.15) is 0 Å². The predicted molar refractivity (Wildman–Crippen MR) is 93.1 cm³/mol. The fraction of sp³-hybridized carbons (Fsp3) is 0.316. The molecule has 0 heterocycles. The number of amides is 1. The lowest BCUT2D eigenvalue weighted by Crippen LogP contribution is -2.36. The Kier molecular flexibility index (Phi) is 6.07. The largest absolute Gasteiger partial charge is 0.497 e. The number of hydrogen-bond donors (Lipinski definition) is 1. The van der Waals surface area contributed by atoms with Crippen LogP contribution in [0.2, 0.25) is 0 Å². The molecule has 1 N–H and O–H groups in total. The molecule has 1 amide bonds. The van der Waals surface area contributed by atoms with E-state index >= 15 is 0 Å². The van der Waals surface area contributed by atoms with Crippen LogP contribution in [-0.4, -0.2) is 32.8 Å². The number of hydrogen-bond acceptors (Lipinski definition) is 4. The molecule has 1 unspecified atom stereocenters. The fourth-order valence-electron chi connectivity index (χ4n) is 2.22. The maximum atomic E-state index is 12.4. The van der Waals surface area contributed by atoms with Crippen molar-refractivity contribution in [3.63, 3.8) is 0 Å². The van der Waals surface area contributed by atoms with Gasteiger partial charge in [-0.3, -0.25) is 4.79 Å². The van der Waals surface area contributed by atoms with Crippen LogP contribution in [0.1, 0.15) is 22.8 Å². The lowest BCUT2D eigenvalue weighted by atomic mass is 10.1. The molecule has 0 aliphatic rings. The van der Waals surface area contributed by atoms with Gasteiger partial charge >= 0.3 is 0 Å². The maximum absolute atomic E-state index is 12.4. The topological polar surface area (TPSA) is 56.8 Å². The van der Waals surface area contributed by atoms with Gasteiger partial charge in [-0.1, -0.05) is 18.2 Å². The molecule has 24 heavy (non-hydrogen) atoms. The average Bonchev–Trinajstić information content (AvgIpc) is 2.60. The standard InChI is InChI=1S/C19H23NO4/c1-13-7-5-6-8-18(13)24-12-14(2)20-19(21)15-9-16(22-3)11-17(10-15)23-4/h5-11,14H,12H2,1-4H3,(H,20,21). The number of benzene rings is 2. The SMILES string of the molecule is COc1cc(OC)cc(C(=O)NC(C)COc2ccccc2C)c1. The van der Waals surface area contributed by atoms with Crippen molar-refractivity contribution in [2.75, 3.05) is 20.8 Å². The molecule has 0 fully saturated rings. The Morgan fingerprint density at radius 3 is 2.29 bits per heavy atom. The van der Waals surface area contributed by atoms with Gasteiger partial charge in [0.2, 0.25) is 0 Å². The summed E-state index contributed by atoms with van der Waals surface area (Å²) in [5, 5.41) is 2.91. The van der Waals surface area contributed by atoms with Gasteiger partial charge < -0.3 is 19.5 Å². The van der Waals surface area contributed by atoms with Crippen molar-refractivity contribution in [2.24, 2.45) is 0 Å². The van der Waals surface area contributed by atoms with Crippen molar-refractivity contribution in [1.82, 2.24) is 5.32 Å². The van der Waals surface area contributed by atoms with E-state index in [-0.39, 0.29) is 11.9 Å². The molecule has 0 aliphatic carbocycles. The molecular weight excluding hydrogens is 306 g/mol. The summed E-state index contributed by atoms with van der Waals surface area (Å²) in [4.78, 5) is 12.4. The quantitative estimate of drug-likeness (QED) is 0.847. The number of carbonyl (C=O) groups excluding carboxylic acids is 1. The van der Waals surface area contributed by atoms with E-state index in [1.807, 2.05) is 38.1 Å². The Labute approximate surface area is 142 Å². The summed E-state index contributed by atoms with van der Waals surface area (Å²) >= 11 is 0. The summed E-state index contributed by atoms with van der Waals surface area (Å²) in [6, 6.07) is 12.7. The lowest BCUT2D eigenvalue weighted by molar-refractivity contribution is 0.0926. The van der Waals surface area contributed by atoms with Crippen LogP contribution >= 0.6 is 0 Å². The molecule has 0 radical (unpaired) electrons. The van der Waals surface area contributed by atoms with Crippen LogP contribution in [-0.2, 0) is 0 Å². The molecule has 0 saturated heterocycles. The van der Waals surface area contributed by atoms with Crippen LogP contribution in [0.4, 0.5) is 0 Å². The Morgan fingerprint density at radius 1 is 1.08 bits per heavy atom. The molecule has 0 aliphatic heterocycles. The number of rotatable bonds is 7. The van der Waals surface area contributed by atoms with Crippen molar-refractivity contribution >= 4 is 5.91 Å². The molecule has 5 heteroatoms. The fourth-order valence-corrected chi connectivity index (χ4v) is 2.22. The molecule has 2 rings (SSSR count). The number of para-hydroxylation sites is 1. The molecule has 0 bridgehead atoms. The first-order chi connectivity index (χ1) is 11.5. The zero-order valence-corrected chi connectivity index (χ0v) is 14.5. The first-order valence-electron chi connectivity index (χ1n) is 7.76. The highest BCUT2D eigenvalue weighted by atomic mass is 16.5. The van der Waals surface area contributed by atoms with Gasteiger partial charge in [-0.05, 0) is 37.6 Å². The first kappa shape index (κ1) is 17.7.